The number of hydrogen-bond acceptors (Lipinski definition) is 6. The number of nitrogens with zero attached hydrogens (tertiary/aromatic N) is 1. The molecule has 2 aromatic rings. The van der Waals surface area contributed by atoms with E-state index in [0.29, 0.717) is 23.8 Å². The number of hydrogen-bond donors (Lipinski definition) is 1. The SMILES string of the molecule is COc1ccc(NC(=O)CSC2=Nc3ccc(C)cc3OC2)c(OC)c1. The summed E-state index contributed by atoms with van der Waals surface area (Å²) in [5.74, 6) is 2.08. The molecular formula is C19H20N2O4S. The molecule has 0 spiro atoms. The van der Waals surface area contributed by atoms with Crippen LogP contribution in [0.15, 0.2) is 41.4 Å². The van der Waals surface area contributed by atoms with Gasteiger partial charge >= 0.3 is 0 Å². The van der Waals surface area contributed by atoms with Crippen molar-refractivity contribution in [3.63, 3.8) is 0 Å². The van der Waals surface area contributed by atoms with E-state index in [1.807, 2.05) is 25.1 Å². The predicted octanol–water partition coefficient (Wildman–Crippen LogP) is 3.81. The molecule has 0 radical (unpaired) electrons. The molecule has 0 saturated carbocycles. The highest BCUT2D eigenvalue weighted by molar-refractivity contribution is 8.14. The van der Waals surface area contributed by atoms with Gasteiger partial charge in [-0.15, -0.1) is 0 Å². The zero-order valence-electron chi connectivity index (χ0n) is 14.9. The number of aryl methyl sites for hydroxylation is 1. The van der Waals surface area contributed by atoms with Crippen molar-refractivity contribution < 1.29 is 19.0 Å². The minimum Gasteiger partial charge on any atom is -0.497 e. The highest BCUT2D eigenvalue weighted by Gasteiger charge is 2.16. The van der Waals surface area contributed by atoms with Crippen molar-refractivity contribution in [2.24, 2.45) is 4.99 Å². The fourth-order valence-electron chi connectivity index (χ4n) is 2.45. The number of ether oxygens (including phenoxy) is 3. The summed E-state index contributed by atoms with van der Waals surface area (Å²) < 4.78 is 16.2. The summed E-state index contributed by atoms with van der Waals surface area (Å²) in [5.41, 5.74) is 2.52. The first kappa shape index (κ1) is 18.1. The third kappa shape index (κ3) is 4.29. The standard InChI is InChI=1S/C19H20N2O4S/c1-12-4-6-15-17(8-12)25-10-19(21-15)26-11-18(22)20-14-7-5-13(23-2)9-16(14)24-3/h4-9H,10-11H2,1-3H3,(H,20,22). The van der Waals surface area contributed by atoms with Crippen LogP contribution < -0.4 is 19.5 Å². The van der Waals surface area contributed by atoms with Gasteiger partial charge in [-0.3, -0.25) is 4.79 Å². The molecule has 6 nitrogen and oxygen atoms in total. The van der Waals surface area contributed by atoms with Crippen LogP contribution >= 0.6 is 11.8 Å². The zero-order valence-corrected chi connectivity index (χ0v) is 15.7. The van der Waals surface area contributed by atoms with Gasteiger partial charge in [0.1, 0.15) is 34.6 Å². The number of rotatable bonds is 5. The Morgan fingerprint density at radius 3 is 2.85 bits per heavy atom. The Kier molecular flexibility index (Phi) is 5.68. The number of carbonyl (C=O) groups is 1. The molecule has 0 unspecified atom stereocenters. The van der Waals surface area contributed by atoms with Crippen LogP contribution in [-0.2, 0) is 4.79 Å². The summed E-state index contributed by atoms with van der Waals surface area (Å²) in [4.78, 5) is 16.8. The van der Waals surface area contributed by atoms with Crippen LogP contribution in [0.5, 0.6) is 17.2 Å². The van der Waals surface area contributed by atoms with Gasteiger partial charge in [0.15, 0.2) is 0 Å². The fraction of sp³-hybridized carbons (Fsp3) is 0.263. The maximum absolute atomic E-state index is 12.3. The second-order valence-electron chi connectivity index (χ2n) is 5.67. The molecule has 0 fully saturated rings. The van der Waals surface area contributed by atoms with Gasteiger partial charge in [0.05, 0.1) is 25.7 Å². The topological polar surface area (TPSA) is 69.2 Å². The second-order valence-corrected chi connectivity index (χ2v) is 6.72. The molecule has 0 aromatic heterocycles. The Labute approximate surface area is 156 Å². The number of fused-ring (bicyclic) bond motifs is 1. The van der Waals surface area contributed by atoms with Gasteiger partial charge in [-0.2, -0.15) is 0 Å². The fourth-order valence-corrected chi connectivity index (χ4v) is 3.12. The van der Waals surface area contributed by atoms with Crippen LogP contribution in [0.3, 0.4) is 0 Å². The zero-order chi connectivity index (χ0) is 18.5. The van der Waals surface area contributed by atoms with Crippen LogP contribution in [0.25, 0.3) is 0 Å². The first-order valence-corrected chi connectivity index (χ1v) is 9.03. The van der Waals surface area contributed by atoms with E-state index >= 15 is 0 Å². The third-order valence-electron chi connectivity index (χ3n) is 3.76. The number of methoxy groups -OCH3 is 2. The van der Waals surface area contributed by atoms with Gasteiger partial charge < -0.3 is 19.5 Å². The average Bonchev–Trinajstić information content (AvgIpc) is 2.66. The smallest absolute Gasteiger partial charge is 0.234 e. The van der Waals surface area contributed by atoms with Crippen LogP contribution in [0.2, 0.25) is 0 Å². The molecule has 1 heterocycles. The molecule has 1 aliphatic rings. The molecule has 0 aliphatic carbocycles. The Hall–Kier alpha value is -2.67. The van der Waals surface area contributed by atoms with Crippen molar-refractivity contribution in [1.29, 1.82) is 0 Å². The summed E-state index contributed by atoms with van der Waals surface area (Å²) in [5, 5.41) is 3.62. The summed E-state index contributed by atoms with van der Waals surface area (Å²) in [6, 6.07) is 11.1. The number of thioether (sulfide) groups is 1. The van der Waals surface area contributed by atoms with E-state index in [4.69, 9.17) is 14.2 Å². The van der Waals surface area contributed by atoms with Crippen molar-refractivity contribution in [2.75, 3.05) is 31.9 Å². The van der Waals surface area contributed by atoms with E-state index in [-0.39, 0.29) is 11.7 Å². The van der Waals surface area contributed by atoms with Crippen molar-refractivity contribution in [1.82, 2.24) is 0 Å². The maximum atomic E-state index is 12.3. The van der Waals surface area contributed by atoms with Crippen LogP contribution in [0.4, 0.5) is 11.4 Å². The van der Waals surface area contributed by atoms with Crippen molar-refractivity contribution in [3.8, 4) is 17.2 Å². The Bertz CT molecular complexity index is 851. The molecule has 0 saturated heterocycles. The molecule has 0 atom stereocenters. The van der Waals surface area contributed by atoms with E-state index in [2.05, 4.69) is 10.3 Å². The normalized spacial score (nSPS) is 12.5. The van der Waals surface area contributed by atoms with Crippen molar-refractivity contribution >= 4 is 34.1 Å². The lowest BCUT2D eigenvalue weighted by molar-refractivity contribution is -0.113. The third-order valence-corrected chi connectivity index (χ3v) is 4.71. The molecule has 1 N–H and O–H groups in total. The minimum absolute atomic E-state index is 0.143. The van der Waals surface area contributed by atoms with E-state index in [0.717, 1.165) is 22.0 Å². The van der Waals surface area contributed by atoms with E-state index in [1.54, 1.807) is 32.4 Å². The molecule has 2 aromatic carbocycles. The summed E-state index contributed by atoms with van der Waals surface area (Å²) >= 11 is 1.36. The molecule has 136 valence electrons. The van der Waals surface area contributed by atoms with E-state index < -0.39 is 0 Å². The molecule has 26 heavy (non-hydrogen) atoms. The Morgan fingerprint density at radius 2 is 2.08 bits per heavy atom. The van der Waals surface area contributed by atoms with Gasteiger partial charge in [0.2, 0.25) is 5.91 Å². The number of nitrogens with one attached hydrogen (secondary N) is 1. The first-order chi connectivity index (χ1) is 12.6. The predicted molar refractivity (Wildman–Crippen MR) is 104 cm³/mol. The Balaban J connectivity index is 1.60. The minimum atomic E-state index is -0.143. The van der Waals surface area contributed by atoms with E-state index in [9.17, 15) is 4.79 Å². The lowest BCUT2D eigenvalue weighted by Gasteiger charge is -2.17. The average molecular weight is 372 g/mol. The largest absolute Gasteiger partial charge is 0.497 e. The van der Waals surface area contributed by atoms with Gasteiger partial charge in [-0.05, 0) is 36.8 Å². The van der Waals surface area contributed by atoms with E-state index in [1.165, 1.54) is 11.8 Å². The number of benzene rings is 2. The molecule has 1 aliphatic heterocycles. The monoisotopic (exact) mass is 372 g/mol. The molecule has 7 heteroatoms. The summed E-state index contributed by atoms with van der Waals surface area (Å²) in [6.07, 6.45) is 0. The summed E-state index contributed by atoms with van der Waals surface area (Å²) in [6.45, 7) is 2.38. The second kappa shape index (κ2) is 8.14. The van der Waals surface area contributed by atoms with Gasteiger partial charge in [0, 0.05) is 6.07 Å². The van der Waals surface area contributed by atoms with Gasteiger partial charge in [-0.25, -0.2) is 4.99 Å². The first-order valence-electron chi connectivity index (χ1n) is 8.04. The number of amides is 1. The van der Waals surface area contributed by atoms with Gasteiger partial charge in [-0.1, -0.05) is 17.8 Å². The highest BCUT2D eigenvalue weighted by atomic mass is 32.2. The Morgan fingerprint density at radius 1 is 1.23 bits per heavy atom. The molecular weight excluding hydrogens is 352 g/mol. The molecule has 1 amide bonds. The van der Waals surface area contributed by atoms with Gasteiger partial charge in [0.25, 0.3) is 0 Å². The number of carbonyl (C=O) groups excluding carboxylic acids is 1. The number of aliphatic imine (C=N–C) groups is 1. The lowest BCUT2D eigenvalue weighted by atomic mass is 10.2. The van der Waals surface area contributed by atoms with Crippen LogP contribution in [-0.4, -0.2) is 37.5 Å². The summed E-state index contributed by atoms with van der Waals surface area (Å²) in [7, 11) is 3.13. The van der Waals surface area contributed by atoms with Crippen LogP contribution in [0, 0.1) is 6.92 Å². The maximum Gasteiger partial charge on any atom is 0.234 e. The lowest BCUT2D eigenvalue weighted by Crippen LogP contribution is -2.19. The molecule has 3 rings (SSSR count). The van der Waals surface area contributed by atoms with Crippen LogP contribution in [0.1, 0.15) is 5.56 Å². The quantitative estimate of drug-likeness (QED) is 0.864. The molecule has 0 bridgehead atoms. The number of anilines is 1. The van der Waals surface area contributed by atoms with Crippen molar-refractivity contribution in [3.05, 3.63) is 42.0 Å². The van der Waals surface area contributed by atoms with Crippen molar-refractivity contribution in [2.45, 2.75) is 6.92 Å². The highest BCUT2D eigenvalue weighted by Crippen LogP contribution is 2.33.